The Morgan fingerprint density at radius 3 is 2.29 bits per heavy atom. The summed E-state index contributed by atoms with van der Waals surface area (Å²) in [5.41, 5.74) is -0.172. The molecule has 2 aliphatic rings. The molecule has 2 rings (SSSR count). The van der Waals surface area contributed by atoms with Crippen LogP contribution in [0.25, 0.3) is 0 Å². The van der Waals surface area contributed by atoms with E-state index in [2.05, 4.69) is 0 Å². The van der Waals surface area contributed by atoms with Crippen LogP contribution in [-0.4, -0.2) is 36.0 Å². The van der Waals surface area contributed by atoms with Gasteiger partial charge in [0.25, 0.3) is 0 Å². The maximum Gasteiger partial charge on any atom is 0.229 e. The van der Waals surface area contributed by atoms with Crippen LogP contribution < -0.4 is 0 Å². The second-order valence-corrected chi connectivity index (χ2v) is 4.87. The van der Waals surface area contributed by atoms with Gasteiger partial charge in [-0.15, -0.1) is 0 Å². The molecule has 78 valence electrons. The van der Waals surface area contributed by atoms with E-state index in [4.69, 9.17) is 4.74 Å². The lowest BCUT2D eigenvalue weighted by atomic mass is 9.82. The van der Waals surface area contributed by atoms with Crippen LogP contribution in [0.3, 0.4) is 0 Å². The van der Waals surface area contributed by atoms with E-state index >= 15 is 0 Å². The number of rotatable bonds is 2. The monoisotopic (exact) mass is 197 g/mol. The van der Waals surface area contributed by atoms with Crippen molar-refractivity contribution in [3.63, 3.8) is 0 Å². The first-order valence-corrected chi connectivity index (χ1v) is 4.93. The summed E-state index contributed by atoms with van der Waals surface area (Å²) >= 11 is 0. The van der Waals surface area contributed by atoms with E-state index in [9.17, 15) is 9.59 Å². The minimum atomic E-state index is -0.172. The largest absolute Gasteiger partial charge is 0.371 e. The molecule has 2 amide bonds. The van der Waals surface area contributed by atoms with Crippen LogP contribution >= 0.6 is 0 Å². The van der Waals surface area contributed by atoms with Gasteiger partial charge in [0.15, 0.2) is 0 Å². The molecule has 1 atom stereocenters. The fraction of sp³-hybridized carbons (Fsp3) is 0.800. The first-order chi connectivity index (χ1) is 6.48. The summed E-state index contributed by atoms with van der Waals surface area (Å²) in [5.74, 6) is -0.108. The van der Waals surface area contributed by atoms with E-state index in [-0.39, 0.29) is 23.3 Å². The van der Waals surface area contributed by atoms with Gasteiger partial charge in [-0.3, -0.25) is 14.5 Å². The molecule has 0 saturated carbocycles. The zero-order valence-electron chi connectivity index (χ0n) is 8.58. The Morgan fingerprint density at radius 1 is 1.36 bits per heavy atom. The van der Waals surface area contributed by atoms with E-state index in [1.165, 1.54) is 4.90 Å². The number of hydrogen-bond donors (Lipinski definition) is 0. The highest BCUT2D eigenvalue weighted by atomic mass is 16.6. The Hall–Kier alpha value is -0.900. The molecular formula is C10H15NO3. The number of ether oxygens (including phenoxy) is 1. The lowest BCUT2D eigenvalue weighted by Crippen LogP contribution is -2.47. The fourth-order valence-electron chi connectivity index (χ4n) is 1.79. The molecule has 2 heterocycles. The maximum absolute atomic E-state index is 11.6. The minimum Gasteiger partial charge on any atom is -0.371 e. The topological polar surface area (TPSA) is 49.9 Å². The fourth-order valence-corrected chi connectivity index (χ4v) is 1.79. The van der Waals surface area contributed by atoms with Gasteiger partial charge >= 0.3 is 0 Å². The van der Waals surface area contributed by atoms with Crippen molar-refractivity contribution in [3.05, 3.63) is 0 Å². The summed E-state index contributed by atoms with van der Waals surface area (Å²) in [7, 11) is 0. The van der Waals surface area contributed by atoms with Crippen LogP contribution in [0.2, 0.25) is 0 Å². The molecule has 0 aromatic carbocycles. The van der Waals surface area contributed by atoms with Gasteiger partial charge < -0.3 is 4.74 Å². The van der Waals surface area contributed by atoms with Crippen molar-refractivity contribution in [3.8, 4) is 0 Å². The van der Waals surface area contributed by atoms with E-state index in [1.807, 2.05) is 13.8 Å². The average Bonchev–Trinajstić information content (AvgIpc) is 2.77. The highest BCUT2D eigenvalue weighted by Crippen LogP contribution is 2.32. The first kappa shape index (κ1) is 9.65. The van der Waals surface area contributed by atoms with Crippen molar-refractivity contribution >= 4 is 11.8 Å². The smallest absolute Gasteiger partial charge is 0.229 e. The Labute approximate surface area is 83.2 Å². The van der Waals surface area contributed by atoms with Crippen molar-refractivity contribution in [2.75, 3.05) is 13.2 Å². The molecule has 0 spiro atoms. The average molecular weight is 197 g/mol. The Bertz CT molecular complexity index is 261. The first-order valence-electron chi connectivity index (χ1n) is 4.93. The number of carbonyl (C=O) groups excluding carboxylic acids is 2. The second-order valence-electron chi connectivity index (χ2n) is 4.87. The van der Waals surface area contributed by atoms with Gasteiger partial charge in [0, 0.05) is 12.8 Å². The van der Waals surface area contributed by atoms with Crippen molar-refractivity contribution in [2.45, 2.75) is 32.8 Å². The number of amides is 2. The van der Waals surface area contributed by atoms with E-state index in [1.54, 1.807) is 0 Å². The van der Waals surface area contributed by atoms with Gasteiger partial charge in [-0.05, 0) is 5.41 Å². The standard InChI is InChI=1S/C10H15NO3/c1-10(2)3-8(12)11(9(13)4-10)5-7-6-14-7/h7H,3-6H2,1-2H3. The predicted molar refractivity (Wildman–Crippen MR) is 49.5 cm³/mol. The molecule has 4 nitrogen and oxygen atoms in total. The van der Waals surface area contributed by atoms with Crippen LogP contribution in [0, 0.1) is 5.41 Å². The molecule has 4 heteroatoms. The number of epoxide rings is 1. The third-order valence-electron chi connectivity index (χ3n) is 2.65. The molecule has 1 unspecified atom stereocenters. The molecule has 2 saturated heterocycles. The molecule has 14 heavy (non-hydrogen) atoms. The lowest BCUT2D eigenvalue weighted by molar-refractivity contribution is -0.152. The number of hydrogen-bond acceptors (Lipinski definition) is 3. The molecule has 0 aromatic rings. The predicted octanol–water partition coefficient (Wildman–Crippen LogP) is 0.560. The SMILES string of the molecule is CC1(C)CC(=O)N(CC2CO2)C(=O)C1. The summed E-state index contributed by atoms with van der Waals surface area (Å²) in [5, 5.41) is 0. The number of likely N-dealkylation sites (tertiary alicyclic amines) is 1. The molecular weight excluding hydrogens is 182 g/mol. The van der Waals surface area contributed by atoms with Crippen LogP contribution in [0.1, 0.15) is 26.7 Å². The van der Waals surface area contributed by atoms with Gasteiger partial charge in [-0.25, -0.2) is 0 Å². The molecule has 0 aliphatic carbocycles. The van der Waals surface area contributed by atoms with Gasteiger partial charge in [0.2, 0.25) is 11.8 Å². The summed E-state index contributed by atoms with van der Waals surface area (Å²) in [4.78, 5) is 24.6. The lowest BCUT2D eigenvalue weighted by Gasteiger charge is -2.34. The van der Waals surface area contributed by atoms with Gasteiger partial charge in [-0.1, -0.05) is 13.8 Å². The number of nitrogens with zero attached hydrogens (tertiary/aromatic N) is 1. The van der Waals surface area contributed by atoms with Crippen LogP contribution in [0.4, 0.5) is 0 Å². The second kappa shape index (κ2) is 3.05. The number of piperidine rings is 1. The zero-order chi connectivity index (χ0) is 10.3. The Morgan fingerprint density at radius 2 is 1.86 bits per heavy atom. The highest BCUT2D eigenvalue weighted by Gasteiger charge is 2.40. The Kier molecular flexibility index (Phi) is 2.10. The molecule has 2 aliphatic heterocycles. The quantitative estimate of drug-likeness (QED) is 0.480. The molecule has 0 radical (unpaired) electrons. The molecule has 0 bridgehead atoms. The molecule has 2 fully saturated rings. The van der Waals surface area contributed by atoms with Crippen LogP contribution in [0.15, 0.2) is 0 Å². The van der Waals surface area contributed by atoms with Gasteiger partial charge in [0.05, 0.1) is 19.3 Å². The van der Waals surface area contributed by atoms with Crippen molar-refractivity contribution in [2.24, 2.45) is 5.41 Å². The maximum atomic E-state index is 11.6. The zero-order valence-corrected chi connectivity index (χ0v) is 8.58. The summed E-state index contributed by atoms with van der Waals surface area (Å²) in [6.45, 7) is 5.04. The van der Waals surface area contributed by atoms with Crippen LogP contribution in [-0.2, 0) is 14.3 Å². The van der Waals surface area contributed by atoms with Crippen LogP contribution in [0.5, 0.6) is 0 Å². The third kappa shape index (κ3) is 1.95. The van der Waals surface area contributed by atoms with Gasteiger partial charge in [0.1, 0.15) is 0 Å². The van der Waals surface area contributed by atoms with Crippen molar-refractivity contribution in [1.29, 1.82) is 0 Å². The third-order valence-corrected chi connectivity index (χ3v) is 2.65. The molecule has 0 N–H and O–H groups in total. The number of imide groups is 1. The Balaban J connectivity index is 2.03. The number of carbonyl (C=O) groups is 2. The minimum absolute atomic E-state index is 0.0539. The normalized spacial score (nSPS) is 30.7. The summed E-state index contributed by atoms with van der Waals surface area (Å²) in [6.07, 6.45) is 1.03. The summed E-state index contributed by atoms with van der Waals surface area (Å²) in [6, 6.07) is 0. The summed E-state index contributed by atoms with van der Waals surface area (Å²) < 4.78 is 5.01. The van der Waals surface area contributed by atoms with Crippen molar-refractivity contribution in [1.82, 2.24) is 4.90 Å². The highest BCUT2D eigenvalue weighted by molar-refractivity contribution is 5.98. The van der Waals surface area contributed by atoms with E-state index in [0.29, 0.717) is 26.0 Å². The van der Waals surface area contributed by atoms with E-state index < -0.39 is 0 Å². The van der Waals surface area contributed by atoms with E-state index in [0.717, 1.165) is 0 Å². The molecule has 0 aromatic heterocycles. The van der Waals surface area contributed by atoms with Gasteiger partial charge in [-0.2, -0.15) is 0 Å². The van der Waals surface area contributed by atoms with Crippen molar-refractivity contribution < 1.29 is 14.3 Å².